The topological polar surface area (TPSA) is 25.8 Å². The van der Waals surface area contributed by atoms with Crippen molar-refractivity contribution >= 4 is 23.2 Å². The summed E-state index contributed by atoms with van der Waals surface area (Å²) in [6.07, 6.45) is 7.53. The Morgan fingerprint density at radius 3 is 0.967 bits per heavy atom. The standard InChI is InChI=1S/C26H20Cl2N2/c27-21-5-1-17(2-6-21)23-25(19-9-13-29-14-10-19)24(18-3-7-22(28)8-4-18)26(23)20-11-15-30-16-12-20/h1-16,23-26H. The Balaban J connectivity index is 1.67. The van der Waals surface area contributed by atoms with Gasteiger partial charge in [0.1, 0.15) is 0 Å². The first-order valence-electron chi connectivity index (χ1n) is 10.0. The Morgan fingerprint density at radius 2 is 0.667 bits per heavy atom. The summed E-state index contributed by atoms with van der Waals surface area (Å²) in [5.74, 6) is 1.31. The van der Waals surface area contributed by atoms with Gasteiger partial charge in [-0.15, -0.1) is 0 Å². The third kappa shape index (κ3) is 3.51. The van der Waals surface area contributed by atoms with Gasteiger partial charge in [-0.3, -0.25) is 9.97 Å². The monoisotopic (exact) mass is 430 g/mol. The summed E-state index contributed by atoms with van der Waals surface area (Å²) in [6, 6.07) is 25.1. The van der Waals surface area contributed by atoms with Crippen LogP contribution in [0, 0.1) is 0 Å². The van der Waals surface area contributed by atoms with E-state index in [-0.39, 0.29) is 0 Å². The number of nitrogens with zero attached hydrogens (tertiary/aromatic N) is 2. The second-order valence-electron chi connectivity index (χ2n) is 7.77. The molecule has 0 radical (unpaired) electrons. The second kappa shape index (κ2) is 8.22. The number of benzene rings is 2. The Kier molecular flexibility index (Phi) is 5.28. The molecule has 0 aliphatic heterocycles. The van der Waals surface area contributed by atoms with Crippen LogP contribution in [0.2, 0.25) is 10.0 Å². The molecule has 2 heterocycles. The van der Waals surface area contributed by atoms with Crippen molar-refractivity contribution in [1.29, 1.82) is 0 Å². The maximum atomic E-state index is 6.19. The number of halogens is 2. The van der Waals surface area contributed by atoms with E-state index in [1.807, 2.05) is 49.1 Å². The van der Waals surface area contributed by atoms with Crippen LogP contribution in [0.1, 0.15) is 45.9 Å². The quantitative estimate of drug-likeness (QED) is 0.341. The van der Waals surface area contributed by atoms with Crippen LogP contribution < -0.4 is 0 Å². The third-order valence-corrected chi connectivity index (χ3v) is 6.74. The summed E-state index contributed by atoms with van der Waals surface area (Å²) < 4.78 is 0. The highest BCUT2D eigenvalue weighted by Gasteiger charge is 2.52. The molecule has 0 saturated heterocycles. The summed E-state index contributed by atoms with van der Waals surface area (Å²) in [7, 11) is 0. The van der Waals surface area contributed by atoms with Gasteiger partial charge in [-0.05, 0) is 94.5 Å². The molecule has 4 heteroatoms. The van der Waals surface area contributed by atoms with E-state index in [4.69, 9.17) is 23.2 Å². The fraction of sp³-hybridized carbons (Fsp3) is 0.154. The maximum absolute atomic E-state index is 6.19. The van der Waals surface area contributed by atoms with Gasteiger partial charge in [-0.25, -0.2) is 0 Å². The Bertz CT molecular complexity index is 1010. The van der Waals surface area contributed by atoms with Crippen LogP contribution in [-0.4, -0.2) is 9.97 Å². The van der Waals surface area contributed by atoms with E-state index in [0.717, 1.165) is 10.0 Å². The zero-order chi connectivity index (χ0) is 20.5. The molecular weight excluding hydrogens is 411 g/mol. The van der Waals surface area contributed by atoms with Crippen LogP contribution in [-0.2, 0) is 0 Å². The summed E-state index contributed by atoms with van der Waals surface area (Å²) in [4.78, 5) is 8.48. The van der Waals surface area contributed by atoms with Gasteiger partial charge in [0, 0.05) is 34.8 Å². The summed E-state index contributed by atoms with van der Waals surface area (Å²) in [5.41, 5.74) is 5.20. The summed E-state index contributed by atoms with van der Waals surface area (Å²) in [6.45, 7) is 0. The smallest absolute Gasteiger partial charge is 0.0406 e. The van der Waals surface area contributed by atoms with E-state index in [9.17, 15) is 0 Å². The molecule has 1 aliphatic rings. The van der Waals surface area contributed by atoms with Gasteiger partial charge in [0.2, 0.25) is 0 Å². The van der Waals surface area contributed by atoms with Crippen molar-refractivity contribution in [1.82, 2.24) is 9.97 Å². The maximum Gasteiger partial charge on any atom is 0.0406 e. The molecular formula is C26H20Cl2N2. The van der Waals surface area contributed by atoms with Crippen LogP contribution in [0.15, 0.2) is 97.6 Å². The number of rotatable bonds is 4. The lowest BCUT2D eigenvalue weighted by molar-refractivity contribution is 0.228. The molecule has 1 saturated carbocycles. The average Bonchev–Trinajstić information content (AvgIpc) is 2.77. The minimum Gasteiger partial charge on any atom is -0.265 e. The molecule has 2 aromatic carbocycles. The molecule has 0 unspecified atom stereocenters. The first kappa shape index (κ1) is 19.3. The van der Waals surface area contributed by atoms with Gasteiger partial charge in [-0.2, -0.15) is 0 Å². The fourth-order valence-electron chi connectivity index (χ4n) is 4.95. The Labute approximate surface area is 186 Å². The highest BCUT2D eigenvalue weighted by atomic mass is 35.5. The van der Waals surface area contributed by atoms with Crippen molar-refractivity contribution in [2.24, 2.45) is 0 Å². The van der Waals surface area contributed by atoms with Gasteiger partial charge in [0.05, 0.1) is 0 Å². The minimum absolute atomic E-state index is 0.327. The molecule has 1 fully saturated rings. The van der Waals surface area contributed by atoms with Crippen molar-refractivity contribution in [3.05, 3.63) is 130 Å². The van der Waals surface area contributed by atoms with E-state index in [1.165, 1.54) is 22.3 Å². The summed E-state index contributed by atoms with van der Waals surface area (Å²) in [5, 5.41) is 1.52. The van der Waals surface area contributed by atoms with Crippen LogP contribution in [0.3, 0.4) is 0 Å². The lowest BCUT2D eigenvalue weighted by Gasteiger charge is -2.53. The second-order valence-corrected chi connectivity index (χ2v) is 8.64. The predicted octanol–water partition coefficient (Wildman–Crippen LogP) is 7.23. The molecule has 4 aromatic rings. The summed E-state index contributed by atoms with van der Waals surface area (Å²) >= 11 is 12.4. The fourth-order valence-corrected chi connectivity index (χ4v) is 5.20. The average molecular weight is 431 g/mol. The Hall–Kier alpha value is -2.68. The molecule has 0 N–H and O–H groups in total. The van der Waals surface area contributed by atoms with Crippen LogP contribution in [0.4, 0.5) is 0 Å². The van der Waals surface area contributed by atoms with Crippen molar-refractivity contribution in [3.63, 3.8) is 0 Å². The lowest BCUT2D eigenvalue weighted by atomic mass is 9.49. The normalized spacial score (nSPS) is 23.0. The van der Waals surface area contributed by atoms with Crippen LogP contribution >= 0.6 is 23.2 Å². The molecule has 2 aromatic heterocycles. The highest BCUT2D eigenvalue weighted by molar-refractivity contribution is 6.30. The largest absolute Gasteiger partial charge is 0.265 e. The van der Waals surface area contributed by atoms with Crippen LogP contribution in [0.25, 0.3) is 0 Å². The first-order valence-corrected chi connectivity index (χ1v) is 10.8. The zero-order valence-electron chi connectivity index (χ0n) is 16.2. The molecule has 2 nitrogen and oxygen atoms in total. The molecule has 148 valence electrons. The number of aromatic nitrogens is 2. The zero-order valence-corrected chi connectivity index (χ0v) is 17.7. The van der Waals surface area contributed by atoms with E-state index in [2.05, 4.69) is 58.5 Å². The van der Waals surface area contributed by atoms with E-state index < -0.39 is 0 Å². The van der Waals surface area contributed by atoms with Gasteiger partial charge in [0.15, 0.2) is 0 Å². The number of hydrogen-bond donors (Lipinski definition) is 0. The molecule has 0 bridgehead atoms. The van der Waals surface area contributed by atoms with Crippen molar-refractivity contribution < 1.29 is 0 Å². The van der Waals surface area contributed by atoms with Gasteiger partial charge >= 0.3 is 0 Å². The Morgan fingerprint density at radius 1 is 0.400 bits per heavy atom. The minimum atomic E-state index is 0.327. The van der Waals surface area contributed by atoms with Crippen LogP contribution in [0.5, 0.6) is 0 Å². The van der Waals surface area contributed by atoms with Crippen molar-refractivity contribution in [3.8, 4) is 0 Å². The predicted molar refractivity (Wildman–Crippen MR) is 122 cm³/mol. The molecule has 0 atom stereocenters. The highest BCUT2D eigenvalue weighted by Crippen LogP contribution is 2.66. The number of pyridine rings is 2. The molecule has 0 amide bonds. The SMILES string of the molecule is Clc1ccc(C2C(c3ccncc3)C(c3ccc(Cl)cc3)C2c2ccncc2)cc1. The van der Waals surface area contributed by atoms with Gasteiger partial charge in [0.25, 0.3) is 0 Å². The van der Waals surface area contributed by atoms with Gasteiger partial charge < -0.3 is 0 Å². The molecule has 5 rings (SSSR count). The first-order chi connectivity index (χ1) is 14.7. The van der Waals surface area contributed by atoms with Gasteiger partial charge in [-0.1, -0.05) is 47.5 Å². The lowest BCUT2D eigenvalue weighted by Crippen LogP contribution is -2.40. The van der Waals surface area contributed by atoms with E-state index in [0.29, 0.717) is 23.7 Å². The number of hydrogen-bond acceptors (Lipinski definition) is 2. The molecule has 30 heavy (non-hydrogen) atoms. The molecule has 0 spiro atoms. The van der Waals surface area contributed by atoms with Crippen molar-refractivity contribution in [2.75, 3.05) is 0 Å². The van der Waals surface area contributed by atoms with E-state index >= 15 is 0 Å². The third-order valence-electron chi connectivity index (χ3n) is 6.24. The molecule has 1 aliphatic carbocycles. The van der Waals surface area contributed by atoms with Crippen molar-refractivity contribution in [2.45, 2.75) is 23.7 Å². The van der Waals surface area contributed by atoms with E-state index in [1.54, 1.807) is 0 Å².